The van der Waals surface area contributed by atoms with Crippen LogP contribution in [-0.4, -0.2) is 72.8 Å². The Balaban J connectivity index is 1.38. The van der Waals surface area contributed by atoms with E-state index in [0.717, 1.165) is 12.1 Å². The molecule has 4 heterocycles. The molecule has 0 radical (unpaired) electrons. The predicted molar refractivity (Wildman–Crippen MR) is 102 cm³/mol. The maximum absolute atomic E-state index is 12.8. The third-order valence-electron chi connectivity index (χ3n) is 4.80. The summed E-state index contributed by atoms with van der Waals surface area (Å²) in [7, 11) is 0. The Labute approximate surface area is 162 Å². The summed E-state index contributed by atoms with van der Waals surface area (Å²) in [5.41, 5.74) is 2.40. The van der Waals surface area contributed by atoms with Gasteiger partial charge in [0.2, 0.25) is 0 Å². The molecule has 1 fully saturated rings. The number of H-pyrrole nitrogens is 1. The van der Waals surface area contributed by atoms with Gasteiger partial charge < -0.3 is 9.80 Å². The molecule has 1 N–H and O–H groups in total. The molecule has 28 heavy (non-hydrogen) atoms. The van der Waals surface area contributed by atoms with Crippen LogP contribution in [0, 0.1) is 0 Å². The second-order valence-corrected chi connectivity index (χ2v) is 6.55. The van der Waals surface area contributed by atoms with Crippen LogP contribution in [0.15, 0.2) is 42.9 Å². The van der Waals surface area contributed by atoms with Crippen molar-refractivity contribution in [2.75, 3.05) is 26.2 Å². The minimum Gasteiger partial charge on any atom is -0.334 e. The highest BCUT2D eigenvalue weighted by Crippen LogP contribution is 2.17. The number of carbonyl (C=O) groups excluding carboxylic acids is 2. The van der Waals surface area contributed by atoms with Gasteiger partial charge in [-0.1, -0.05) is 0 Å². The maximum atomic E-state index is 12.8. The highest BCUT2D eigenvalue weighted by Gasteiger charge is 2.27. The van der Waals surface area contributed by atoms with Gasteiger partial charge in [-0.2, -0.15) is 10.2 Å². The summed E-state index contributed by atoms with van der Waals surface area (Å²) < 4.78 is 1.73. The van der Waals surface area contributed by atoms with E-state index < -0.39 is 0 Å². The fraction of sp³-hybridized carbons (Fsp3) is 0.316. The molecule has 3 aromatic heterocycles. The number of amides is 2. The van der Waals surface area contributed by atoms with Gasteiger partial charge >= 0.3 is 0 Å². The molecule has 0 aromatic carbocycles. The SMILES string of the molecule is CCn1ccc(C(=O)N2CCN(C(=O)c3cc(-c4cccnc4)n[nH]3)CC2)n1. The number of aromatic amines is 1. The fourth-order valence-electron chi connectivity index (χ4n) is 3.19. The Morgan fingerprint density at radius 3 is 2.50 bits per heavy atom. The number of carbonyl (C=O) groups is 2. The van der Waals surface area contributed by atoms with Crippen molar-refractivity contribution in [3.05, 3.63) is 54.2 Å². The first-order chi connectivity index (χ1) is 13.7. The van der Waals surface area contributed by atoms with Crippen LogP contribution in [0.1, 0.15) is 27.9 Å². The third kappa shape index (κ3) is 3.51. The number of hydrogen-bond donors (Lipinski definition) is 1. The molecular formula is C19H21N7O2. The first-order valence-corrected chi connectivity index (χ1v) is 9.23. The summed E-state index contributed by atoms with van der Waals surface area (Å²) in [5.74, 6) is -0.218. The zero-order chi connectivity index (χ0) is 19.5. The fourth-order valence-corrected chi connectivity index (χ4v) is 3.19. The van der Waals surface area contributed by atoms with Crippen LogP contribution in [0.2, 0.25) is 0 Å². The lowest BCUT2D eigenvalue weighted by Gasteiger charge is -2.34. The minimum atomic E-state index is -0.120. The van der Waals surface area contributed by atoms with Crippen LogP contribution in [0.25, 0.3) is 11.3 Å². The van der Waals surface area contributed by atoms with E-state index in [0.29, 0.717) is 43.3 Å². The van der Waals surface area contributed by atoms with Crippen molar-refractivity contribution in [2.24, 2.45) is 0 Å². The van der Waals surface area contributed by atoms with Crippen LogP contribution in [0.4, 0.5) is 0 Å². The lowest BCUT2D eigenvalue weighted by atomic mass is 10.2. The largest absolute Gasteiger partial charge is 0.334 e. The van der Waals surface area contributed by atoms with Crippen molar-refractivity contribution in [1.82, 2.24) is 34.8 Å². The predicted octanol–water partition coefficient (Wildman–Crippen LogP) is 1.29. The smallest absolute Gasteiger partial charge is 0.274 e. The average molecular weight is 379 g/mol. The molecule has 9 nitrogen and oxygen atoms in total. The first kappa shape index (κ1) is 17.9. The summed E-state index contributed by atoms with van der Waals surface area (Å²) in [6.45, 7) is 4.60. The van der Waals surface area contributed by atoms with Gasteiger partial charge in [0.25, 0.3) is 11.8 Å². The molecule has 0 spiro atoms. The zero-order valence-electron chi connectivity index (χ0n) is 15.6. The number of hydrogen-bond acceptors (Lipinski definition) is 5. The Morgan fingerprint density at radius 1 is 1.11 bits per heavy atom. The topological polar surface area (TPSA) is 100 Å². The van der Waals surface area contributed by atoms with Gasteiger partial charge in [0.1, 0.15) is 11.4 Å². The molecule has 1 aliphatic heterocycles. The number of rotatable bonds is 4. The number of piperazine rings is 1. The second kappa shape index (κ2) is 7.63. The van der Waals surface area contributed by atoms with E-state index in [-0.39, 0.29) is 11.8 Å². The average Bonchev–Trinajstić information content (AvgIpc) is 3.43. The van der Waals surface area contributed by atoms with E-state index in [2.05, 4.69) is 20.3 Å². The van der Waals surface area contributed by atoms with E-state index >= 15 is 0 Å². The monoisotopic (exact) mass is 379 g/mol. The van der Waals surface area contributed by atoms with Crippen LogP contribution < -0.4 is 0 Å². The molecule has 1 saturated heterocycles. The van der Waals surface area contributed by atoms with Crippen molar-refractivity contribution in [3.8, 4) is 11.3 Å². The number of nitrogens with one attached hydrogen (secondary N) is 1. The van der Waals surface area contributed by atoms with Crippen molar-refractivity contribution >= 4 is 11.8 Å². The minimum absolute atomic E-state index is 0.0975. The normalized spacial score (nSPS) is 14.3. The van der Waals surface area contributed by atoms with Crippen LogP contribution in [0.5, 0.6) is 0 Å². The first-order valence-electron chi connectivity index (χ1n) is 9.23. The van der Waals surface area contributed by atoms with Gasteiger partial charge in [-0.15, -0.1) is 0 Å². The summed E-state index contributed by atoms with van der Waals surface area (Å²) in [6.07, 6.45) is 5.19. The molecule has 144 valence electrons. The molecule has 9 heteroatoms. The maximum Gasteiger partial charge on any atom is 0.274 e. The molecule has 0 atom stereocenters. The third-order valence-corrected chi connectivity index (χ3v) is 4.80. The summed E-state index contributed by atoms with van der Waals surface area (Å²) in [5, 5.41) is 11.3. The van der Waals surface area contributed by atoms with E-state index in [1.807, 2.05) is 19.1 Å². The van der Waals surface area contributed by atoms with Crippen LogP contribution in [-0.2, 0) is 6.54 Å². The van der Waals surface area contributed by atoms with Gasteiger partial charge in [0, 0.05) is 56.9 Å². The summed E-state index contributed by atoms with van der Waals surface area (Å²) >= 11 is 0. The Kier molecular flexibility index (Phi) is 4.88. The van der Waals surface area contributed by atoms with E-state index in [9.17, 15) is 9.59 Å². The van der Waals surface area contributed by atoms with E-state index in [1.54, 1.807) is 45.2 Å². The van der Waals surface area contributed by atoms with Crippen LogP contribution in [0.3, 0.4) is 0 Å². The molecule has 0 saturated carbocycles. The lowest BCUT2D eigenvalue weighted by Crippen LogP contribution is -2.50. The standard InChI is InChI=1S/C19H21N7O2/c1-2-26-7-5-15(23-26)18(27)24-8-10-25(11-9-24)19(28)17-12-16(21-22-17)14-4-3-6-20-13-14/h3-7,12-13H,2,8-11H2,1H3,(H,21,22). The van der Waals surface area contributed by atoms with Gasteiger partial charge in [-0.25, -0.2) is 0 Å². The molecular weight excluding hydrogens is 358 g/mol. The summed E-state index contributed by atoms with van der Waals surface area (Å²) in [4.78, 5) is 32.8. The Bertz CT molecular complexity index is 971. The van der Waals surface area contributed by atoms with Crippen molar-refractivity contribution in [2.45, 2.75) is 13.5 Å². The van der Waals surface area contributed by atoms with Crippen molar-refractivity contribution in [1.29, 1.82) is 0 Å². The van der Waals surface area contributed by atoms with Gasteiger partial charge in [-0.05, 0) is 31.2 Å². The highest BCUT2D eigenvalue weighted by molar-refractivity contribution is 5.94. The molecule has 0 unspecified atom stereocenters. The van der Waals surface area contributed by atoms with Crippen molar-refractivity contribution in [3.63, 3.8) is 0 Å². The van der Waals surface area contributed by atoms with E-state index in [1.165, 1.54) is 0 Å². The molecule has 2 amide bonds. The van der Waals surface area contributed by atoms with Gasteiger partial charge in [0.15, 0.2) is 0 Å². The summed E-state index contributed by atoms with van der Waals surface area (Å²) in [6, 6.07) is 7.18. The van der Waals surface area contributed by atoms with Crippen molar-refractivity contribution < 1.29 is 9.59 Å². The number of nitrogens with zero attached hydrogens (tertiary/aromatic N) is 6. The molecule has 0 bridgehead atoms. The molecule has 3 aromatic rings. The number of aryl methyl sites for hydroxylation is 1. The zero-order valence-corrected chi connectivity index (χ0v) is 15.6. The Morgan fingerprint density at radius 2 is 1.86 bits per heavy atom. The van der Waals surface area contributed by atoms with Gasteiger partial charge in [-0.3, -0.25) is 24.4 Å². The number of pyridine rings is 1. The quantitative estimate of drug-likeness (QED) is 0.736. The van der Waals surface area contributed by atoms with E-state index in [4.69, 9.17) is 0 Å². The molecule has 1 aliphatic rings. The molecule has 0 aliphatic carbocycles. The second-order valence-electron chi connectivity index (χ2n) is 6.55. The Hall–Kier alpha value is -3.49. The molecule has 4 rings (SSSR count). The number of aromatic nitrogens is 5. The lowest BCUT2D eigenvalue weighted by molar-refractivity contribution is 0.0528. The van der Waals surface area contributed by atoms with Crippen LogP contribution >= 0.6 is 0 Å². The van der Waals surface area contributed by atoms with Gasteiger partial charge in [0.05, 0.1) is 5.69 Å². The highest BCUT2D eigenvalue weighted by atomic mass is 16.2.